The molecule has 3 unspecified atom stereocenters. The third-order valence-corrected chi connectivity index (χ3v) is 6.08. The van der Waals surface area contributed by atoms with Gasteiger partial charge in [-0.15, -0.1) is 0 Å². The van der Waals surface area contributed by atoms with Gasteiger partial charge in [-0.1, -0.05) is 58.1 Å². The molecule has 0 aliphatic heterocycles. The highest BCUT2D eigenvalue weighted by Crippen LogP contribution is 2.36. The van der Waals surface area contributed by atoms with Crippen molar-refractivity contribution in [3.05, 3.63) is 28.5 Å². The summed E-state index contributed by atoms with van der Waals surface area (Å²) in [5.74, 6) is 2.75. The molecule has 1 aliphatic rings. The zero-order valence-corrected chi connectivity index (χ0v) is 16.1. The predicted octanol–water partition coefficient (Wildman–Crippen LogP) is 7.18. The second-order valence-electron chi connectivity index (χ2n) is 8.05. The van der Waals surface area contributed by atoms with Crippen LogP contribution in [0.4, 0.5) is 13.2 Å². The van der Waals surface area contributed by atoms with E-state index in [0.29, 0.717) is 11.6 Å². The smallest absolute Gasteiger partial charge is 0.261 e. The summed E-state index contributed by atoms with van der Waals surface area (Å²) in [7, 11) is 0. The summed E-state index contributed by atoms with van der Waals surface area (Å²) >= 11 is 5.81. The largest absolute Gasteiger partial charge is 0.419 e. The lowest BCUT2D eigenvalue weighted by atomic mass is 9.84. The maximum atomic E-state index is 12.8. The van der Waals surface area contributed by atoms with Gasteiger partial charge in [0.25, 0.3) is 0 Å². The summed E-state index contributed by atoms with van der Waals surface area (Å²) in [6.45, 7) is 6.90. The lowest BCUT2D eigenvalue weighted by Gasteiger charge is -2.22. The Morgan fingerprint density at radius 1 is 1.12 bits per heavy atom. The molecule has 0 aromatic carbocycles. The van der Waals surface area contributed by atoms with Crippen LogP contribution < -0.4 is 0 Å². The van der Waals surface area contributed by atoms with E-state index in [1.807, 2.05) is 0 Å². The molecule has 1 heterocycles. The minimum atomic E-state index is -4.44. The molecule has 142 valence electrons. The maximum absolute atomic E-state index is 12.8. The highest BCUT2D eigenvalue weighted by molar-refractivity contribution is 6.31. The molecular formula is C20H29ClF3N. The Morgan fingerprint density at radius 2 is 1.76 bits per heavy atom. The number of rotatable bonds is 5. The van der Waals surface area contributed by atoms with E-state index in [4.69, 9.17) is 11.6 Å². The molecule has 1 nitrogen and oxygen atoms in total. The van der Waals surface area contributed by atoms with Gasteiger partial charge in [-0.05, 0) is 49.0 Å². The number of hydrogen-bond donors (Lipinski definition) is 0. The Hall–Kier alpha value is -0.770. The molecule has 0 saturated heterocycles. The Balaban J connectivity index is 1.92. The third-order valence-electron chi connectivity index (χ3n) is 5.76. The second kappa shape index (κ2) is 8.75. The van der Waals surface area contributed by atoms with Crippen molar-refractivity contribution >= 4 is 11.6 Å². The van der Waals surface area contributed by atoms with Gasteiger partial charge >= 0.3 is 6.18 Å². The molecule has 0 bridgehead atoms. The molecule has 0 amide bonds. The average molecular weight is 376 g/mol. The van der Waals surface area contributed by atoms with Gasteiger partial charge in [0.1, 0.15) is 0 Å². The first-order valence-electron chi connectivity index (χ1n) is 9.38. The molecule has 25 heavy (non-hydrogen) atoms. The summed E-state index contributed by atoms with van der Waals surface area (Å²) in [6, 6.07) is 1.40. The van der Waals surface area contributed by atoms with Gasteiger partial charge in [0, 0.05) is 11.9 Å². The van der Waals surface area contributed by atoms with Crippen molar-refractivity contribution in [3.8, 4) is 0 Å². The number of alkyl halides is 3. The minimum Gasteiger partial charge on any atom is -0.261 e. The lowest BCUT2D eigenvalue weighted by Crippen LogP contribution is -2.11. The SMILES string of the molecule is CC(C)C(C)CC1CCCC(Cc2cc(Cl)c(C(F)(F)F)cn2)CC1. The highest BCUT2D eigenvalue weighted by Gasteiger charge is 2.34. The van der Waals surface area contributed by atoms with Crippen molar-refractivity contribution in [2.45, 2.75) is 71.9 Å². The fourth-order valence-corrected chi connectivity index (χ4v) is 4.06. The molecule has 1 saturated carbocycles. The molecular weight excluding hydrogens is 347 g/mol. The van der Waals surface area contributed by atoms with Gasteiger partial charge in [0.15, 0.2) is 0 Å². The fourth-order valence-electron chi connectivity index (χ4n) is 3.78. The number of pyridine rings is 1. The Labute approximate surface area is 154 Å². The summed E-state index contributed by atoms with van der Waals surface area (Å²) in [5.41, 5.74) is -0.168. The Kier molecular flexibility index (Phi) is 7.19. The molecule has 1 aliphatic carbocycles. The first-order valence-corrected chi connectivity index (χ1v) is 9.76. The number of nitrogens with zero attached hydrogens (tertiary/aromatic N) is 1. The molecule has 1 aromatic rings. The van der Waals surface area contributed by atoms with E-state index in [0.717, 1.165) is 43.2 Å². The zero-order chi connectivity index (χ0) is 18.6. The summed E-state index contributed by atoms with van der Waals surface area (Å²) in [6.07, 6.45) is 4.41. The van der Waals surface area contributed by atoms with Gasteiger partial charge in [-0.2, -0.15) is 13.2 Å². The molecule has 1 fully saturated rings. The fraction of sp³-hybridized carbons (Fsp3) is 0.750. The van der Waals surface area contributed by atoms with Crippen LogP contribution in [0.15, 0.2) is 12.3 Å². The van der Waals surface area contributed by atoms with E-state index in [1.165, 1.54) is 31.7 Å². The van der Waals surface area contributed by atoms with Crippen LogP contribution in [0.3, 0.4) is 0 Å². The predicted molar refractivity (Wildman–Crippen MR) is 96.6 cm³/mol. The topological polar surface area (TPSA) is 12.9 Å². The highest BCUT2D eigenvalue weighted by atomic mass is 35.5. The average Bonchev–Trinajstić information content (AvgIpc) is 2.71. The van der Waals surface area contributed by atoms with Crippen molar-refractivity contribution in [1.29, 1.82) is 0 Å². The quantitative estimate of drug-likeness (QED) is 0.497. The summed E-state index contributed by atoms with van der Waals surface area (Å²) in [4.78, 5) is 4.02. The molecule has 5 heteroatoms. The third kappa shape index (κ3) is 6.16. The molecule has 0 spiro atoms. The first-order chi connectivity index (χ1) is 11.7. The first kappa shape index (κ1) is 20.5. The summed E-state index contributed by atoms with van der Waals surface area (Å²) in [5, 5.41) is -0.241. The van der Waals surface area contributed by atoms with E-state index >= 15 is 0 Å². The number of aromatic nitrogens is 1. The van der Waals surface area contributed by atoms with Crippen LogP contribution >= 0.6 is 11.6 Å². The molecule has 1 aromatic heterocycles. The van der Waals surface area contributed by atoms with Crippen molar-refractivity contribution in [2.24, 2.45) is 23.7 Å². The van der Waals surface area contributed by atoms with Crippen molar-refractivity contribution in [3.63, 3.8) is 0 Å². The maximum Gasteiger partial charge on any atom is 0.419 e. The second-order valence-corrected chi connectivity index (χ2v) is 8.46. The number of halogens is 4. The van der Waals surface area contributed by atoms with E-state index in [-0.39, 0.29) is 5.02 Å². The molecule has 0 N–H and O–H groups in total. The van der Waals surface area contributed by atoms with Gasteiger partial charge in [-0.3, -0.25) is 4.98 Å². The van der Waals surface area contributed by atoms with Crippen molar-refractivity contribution in [2.75, 3.05) is 0 Å². The van der Waals surface area contributed by atoms with Crippen LogP contribution in [-0.4, -0.2) is 4.98 Å². The van der Waals surface area contributed by atoms with Crippen LogP contribution in [0.1, 0.15) is 70.6 Å². The van der Waals surface area contributed by atoms with Crippen LogP contribution in [0, 0.1) is 23.7 Å². The molecule has 0 radical (unpaired) electrons. The van der Waals surface area contributed by atoms with Crippen molar-refractivity contribution < 1.29 is 13.2 Å². The van der Waals surface area contributed by atoms with E-state index in [1.54, 1.807) is 0 Å². The van der Waals surface area contributed by atoms with Gasteiger partial charge in [-0.25, -0.2) is 0 Å². The normalized spacial score (nSPS) is 23.5. The van der Waals surface area contributed by atoms with Crippen LogP contribution in [0.25, 0.3) is 0 Å². The molecule has 3 atom stereocenters. The van der Waals surface area contributed by atoms with Gasteiger partial charge in [0.05, 0.1) is 10.6 Å². The molecule has 2 rings (SSSR count). The van der Waals surface area contributed by atoms with Crippen LogP contribution in [0.5, 0.6) is 0 Å². The Morgan fingerprint density at radius 3 is 2.36 bits per heavy atom. The van der Waals surface area contributed by atoms with Crippen LogP contribution in [0.2, 0.25) is 5.02 Å². The van der Waals surface area contributed by atoms with Crippen LogP contribution in [-0.2, 0) is 12.6 Å². The zero-order valence-electron chi connectivity index (χ0n) is 15.4. The Bertz CT molecular complexity index is 556. The van der Waals surface area contributed by atoms with E-state index in [9.17, 15) is 13.2 Å². The lowest BCUT2D eigenvalue weighted by molar-refractivity contribution is -0.137. The number of hydrogen-bond acceptors (Lipinski definition) is 1. The van der Waals surface area contributed by atoms with Gasteiger partial charge < -0.3 is 0 Å². The van der Waals surface area contributed by atoms with Gasteiger partial charge in [0.2, 0.25) is 0 Å². The van der Waals surface area contributed by atoms with E-state index < -0.39 is 11.7 Å². The van der Waals surface area contributed by atoms with E-state index in [2.05, 4.69) is 25.8 Å². The monoisotopic (exact) mass is 375 g/mol. The standard InChI is InChI=1S/C20H29ClF3N/c1-13(2)14(3)9-15-5-4-6-16(8-7-15)10-17-11-19(21)18(12-25-17)20(22,23)24/h11-16H,4-10H2,1-3H3. The van der Waals surface area contributed by atoms with Crippen molar-refractivity contribution in [1.82, 2.24) is 4.98 Å². The minimum absolute atomic E-state index is 0.241. The summed E-state index contributed by atoms with van der Waals surface area (Å²) < 4.78 is 38.3.